The second-order valence-corrected chi connectivity index (χ2v) is 4.65. The van der Waals surface area contributed by atoms with Crippen molar-refractivity contribution in [3.05, 3.63) is 60.7 Å². The zero-order valence-corrected chi connectivity index (χ0v) is 11.5. The van der Waals surface area contributed by atoms with Crippen LogP contribution in [0.25, 0.3) is 22.4 Å². The number of benzene rings is 2. The van der Waals surface area contributed by atoms with E-state index in [0.29, 0.717) is 11.6 Å². The summed E-state index contributed by atoms with van der Waals surface area (Å²) in [4.78, 5) is 11.3. The monoisotopic (exact) mass is 278 g/mol. The van der Waals surface area contributed by atoms with Gasteiger partial charge in [-0.15, -0.1) is 0 Å². The minimum atomic E-state index is -0.192. The molecule has 1 N–H and O–H groups in total. The lowest BCUT2D eigenvalue weighted by atomic mass is 10.0. The number of nitrogens with one attached hydrogen (secondary N) is 1. The lowest BCUT2D eigenvalue weighted by Crippen LogP contribution is -2.05. The standard InChI is InChI=1S/C17H14N2O2/c1-12(20)18-17-15(13-8-4-2-5-9-13)16(19-21-17)14-10-6-3-7-11-14/h2-11H,1H3,(H,18,20). The van der Waals surface area contributed by atoms with E-state index in [2.05, 4.69) is 10.5 Å². The first kappa shape index (κ1) is 13.1. The topological polar surface area (TPSA) is 55.1 Å². The molecule has 0 radical (unpaired) electrons. The summed E-state index contributed by atoms with van der Waals surface area (Å²) in [5.41, 5.74) is 3.39. The Morgan fingerprint density at radius 3 is 2.10 bits per heavy atom. The summed E-state index contributed by atoms with van der Waals surface area (Å²) < 4.78 is 5.33. The molecule has 1 amide bonds. The summed E-state index contributed by atoms with van der Waals surface area (Å²) >= 11 is 0. The molecule has 0 fully saturated rings. The minimum absolute atomic E-state index is 0.192. The first-order valence-corrected chi connectivity index (χ1v) is 6.64. The highest BCUT2D eigenvalue weighted by Gasteiger charge is 2.19. The van der Waals surface area contributed by atoms with Crippen LogP contribution in [0.5, 0.6) is 0 Å². The van der Waals surface area contributed by atoms with Gasteiger partial charge < -0.3 is 4.52 Å². The lowest BCUT2D eigenvalue weighted by Gasteiger charge is -2.04. The van der Waals surface area contributed by atoms with E-state index in [1.165, 1.54) is 6.92 Å². The Hall–Kier alpha value is -2.88. The smallest absolute Gasteiger partial charge is 0.239 e. The van der Waals surface area contributed by atoms with E-state index in [-0.39, 0.29) is 5.91 Å². The highest BCUT2D eigenvalue weighted by molar-refractivity contribution is 5.96. The van der Waals surface area contributed by atoms with Crippen LogP contribution in [0.4, 0.5) is 5.88 Å². The van der Waals surface area contributed by atoms with Crippen LogP contribution in [0.15, 0.2) is 65.2 Å². The molecule has 1 aromatic heterocycles. The van der Waals surface area contributed by atoms with Gasteiger partial charge in [0.25, 0.3) is 0 Å². The van der Waals surface area contributed by atoms with E-state index in [4.69, 9.17) is 4.52 Å². The van der Waals surface area contributed by atoms with E-state index < -0.39 is 0 Å². The van der Waals surface area contributed by atoms with Gasteiger partial charge in [0.05, 0.1) is 5.56 Å². The van der Waals surface area contributed by atoms with Crippen LogP contribution in [0.3, 0.4) is 0 Å². The molecule has 0 spiro atoms. The number of rotatable bonds is 3. The maximum atomic E-state index is 11.3. The maximum Gasteiger partial charge on any atom is 0.239 e. The van der Waals surface area contributed by atoms with Crippen molar-refractivity contribution < 1.29 is 9.32 Å². The molecule has 104 valence electrons. The van der Waals surface area contributed by atoms with Crippen molar-refractivity contribution in [2.45, 2.75) is 6.92 Å². The van der Waals surface area contributed by atoms with E-state index in [0.717, 1.165) is 16.7 Å². The van der Waals surface area contributed by atoms with Crippen LogP contribution < -0.4 is 5.32 Å². The first-order chi connectivity index (χ1) is 10.3. The molecule has 0 saturated heterocycles. The van der Waals surface area contributed by atoms with Crippen molar-refractivity contribution in [3.8, 4) is 22.4 Å². The number of anilines is 1. The van der Waals surface area contributed by atoms with Crippen LogP contribution in [0.2, 0.25) is 0 Å². The summed E-state index contributed by atoms with van der Waals surface area (Å²) in [7, 11) is 0. The fourth-order valence-electron chi connectivity index (χ4n) is 2.20. The van der Waals surface area contributed by atoms with Gasteiger partial charge in [-0.1, -0.05) is 65.8 Å². The van der Waals surface area contributed by atoms with Crippen LogP contribution >= 0.6 is 0 Å². The molecule has 0 aliphatic carbocycles. The largest absolute Gasteiger partial charge is 0.337 e. The predicted molar refractivity (Wildman–Crippen MR) is 81.7 cm³/mol. The molecular weight excluding hydrogens is 264 g/mol. The molecular formula is C17H14N2O2. The molecule has 4 heteroatoms. The van der Waals surface area contributed by atoms with Gasteiger partial charge in [-0.3, -0.25) is 10.1 Å². The molecule has 0 atom stereocenters. The number of carbonyl (C=O) groups excluding carboxylic acids is 1. The fraction of sp³-hybridized carbons (Fsp3) is 0.0588. The SMILES string of the molecule is CC(=O)Nc1onc(-c2ccccc2)c1-c1ccccc1. The van der Waals surface area contributed by atoms with Crippen molar-refractivity contribution in [1.29, 1.82) is 0 Å². The van der Waals surface area contributed by atoms with Gasteiger partial charge >= 0.3 is 0 Å². The third-order valence-electron chi connectivity index (χ3n) is 3.09. The van der Waals surface area contributed by atoms with Gasteiger partial charge in [0.1, 0.15) is 5.69 Å². The lowest BCUT2D eigenvalue weighted by molar-refractivity contribution is -0.114. The number of nitrogens with zero attached hydrogens (tertiary/aromatic N) is 1. The van der Waals surface area contributed by atoms with Crippen LogP contribution in [0, 0.1) is 0 Å². The van der Waals surface area contributed by atoms with E-state index in [9.17, 15) is 4.79 Å². The number of aromatic nitrogens is 1. The van der Waals surface area contributed by atoms with Gasteiger partial charge in [-0.25, -0.2) is 0 Å². The second-order valence-electron chi connectivity index (χ2n) is 4.65. The average molecular weight is 278 g/mol. The van der Waals surface area contributed by atoms with Crippen molar-refractivity contribution in [3.63, 3.8) is 0 Å². The maximum absolute atomic E-state index is 11.3. The number of hydrogen-bond acceptors (Lipinski definition) is 3. The Bertz CT molecular complexity index is 749. The number of amides is 1. The Labute approximate surface area is 122 Å². The summed E-state index contributed by atoms with van der Waals surface area (Å²) in [5, 5.41) is 6.82. The molecule has 0 aliphatic rings. The highest BCUT2D eigenvalue weighted by Crippen LogP contribution is 2.37. The minimum Gasteiger partial charge on any atom is -0.337 e. The Kier molecular flexibility index (Phi) is 3.51. The molecule has 0 unspecified atom stereocenters. The molecule has 3 aromatic rings. The molecule has 2 aromatic carbocycles. The Morgan fingerprint density at radius 2 is 1.52 bits per heavy atom. The van der Waals surface area contributed by atoms with E-state index >= 15 is 0 Å². The second kappa shape index (κ2) is 5.63. The van der Waals surface area contributed by atoms with Gasteiger partial charge in [-0.2, -0.15) is 0 Å². The first-order valence-electron chi connectivity index (χ1n) is 6.64. The zero-order valence-electron chi connectivity index (χ0n) is 11.5. The van der Waals surface area contributed by atoms with Crippen molar-refractivity contribution >= 4 is 11.8 Å². The van der Waals surface area contributed by atoms with Crippen LogP contribution in [0.1, 0.15) is 6.92 Å². The predicted octanol–water partition coefficient (Wildman–Crippen LogP) is 3.97. The zero-order chi connectivity index (χ0) is 14.7. The molecule has 21 heavy (non-hydrogen) atoms. The summed E-state index contributed by atoms with van der Waals surface area (Å²) in [6.45, 7) is 1.44. The molecule has 4 nitrogen and oxygen atoms in total. The fourth-order valence-corrected chi connectivity index (χ4v) is 2.20. The molecule has 0 aliphatic heterocycles. The number of hydrogen-bond donors (Lipinski definition) is 1. The summed E-state index contributed by atoms with van der Waals surface area (Å²) in [6.07, 6.45) is 0. The third kappa shape index (κ3) is 2.69. The molecule has 0 bridgehead atoms. The van der Waals surface area contributed by atoms with E-state index in [1.54, 1.807) is 0 Å². The van der Waals surface area contributed by atoms with Crippen molar-refractivity contribution in [1.82, 2.24) is 5.16 Å². The van der Waals surface area contributed by atoms with Crippen LogP contribution in [-0.2, 0) is 4.79 Å². The quantitative estimate of drug-likeness (QED) is 0.788. The van der Waals surface area contributed by atoms with Gasteiger partial charge in [0, 0.05) is 12.5 Å². The average Bonchev–Trinajstić information content (AvgIpc) is 2.92. The number of carbonyl (C=O) groups is 1. The van der Waals surface area contributed by atoms with Crippen molar-refractivity contribution in [2.75, 3.05) is 5.32 Å². The van der Waals surface area contributed by atoms with E-state index in [1.807, 2.05) is 60.7 Å². The Balaban J connectivity index is 2.18. The normalized spacial score (nSPS) is 10.3. The van der Waals surface area contributed by atoms with Crippen molar-refractivity contribution in [2.24, 2.45) is 0 Å². The molecule has 1 heterocycles. The highest BCUT2D eigenvalue weighted by atomic mass is 16.5. The Morgan fingerprint density at radius 1 is 0.952 bits per heavy atom. The third-order valence-corrected chi connectivity index (χ3v) is 3.09. The molecule has 3 rings (SSSR count). The van der Waals surface area contributed by atoms with Gasteiger partial charge in [0.15, 0.2) is 0 Å². The summed E-state index contributed by atoms with van der Waals surface area (Å²) in [5.74, 6) is 0.176. The van der Waals surface area contributed by atoms with Crippen LogP contribution in [-0.4, -0.2) is 11.1 Å². The summed E-state index contributed by atoms with van der Waals surface area (Å²) in [6, 6.07) is 19.5. The van der Waals surface area contributed by atoms with Gasteiger partial charge in [0.2, 0.25) is 11.8 Å². The van der Waals surface area contributed by atoms with Gasteiger partial charge in [-0.05, 0) is 5.56 Å². The molecule has 0 saturated carbocycles.